The maximum atomic E-state index is 12.5. The van der Waals surface area contributed by atoms with Crippen molar-refractivity contribution in [2.45, 2.75) is 41.5 Å². The second-order valence-corrected chi connectivity index (χ2v) is 7.30. The molecule has 2 amide bonds. The van der Waals surface area contributed by atoms with Gasteiger partial charge in [-0.2, -0.15) is 0 Å². The van der Waals surface area contributed by atoms with Gasteiger partial charge in [0, 0.05) is 13.1 Å². The summed E-state index contributed by atoms with van der Waals surface area (Å²) in [6.07, 6.45) is 0. The second-order valence-electron chi connectivity index (χ2n) is 6.89. The number of carbonyl (C=O) groups is 2. The number of nitrogens with one attached hydrogen (secondary N) is 1. The smallest absolute Gasteiger partial charge is 0.313 e. The summed E-state index contributed by atoms with van der Waals surface area (Å²) in [5, 5.41) is 3.12. The number of benzene rings is 1. The molecule has 0 atom stereocenters. The van der Waals surface area contributed by atoms with Crippen LogP contribution >= 0.6 is 11.6 Å². The van der Waals surface area contributed by atoms with E-state index >= 15 is 0 Å². The number of aryl methyl sites for hydroxylation is 2. The van der Waals surface area contributed by atoms with Crippen LogP contribution in [0.3, 0.4) is 0 Å². The lowest BCUT2D eigenvalue weighted by Gasteiger charge is -2.26. The Labute approximate surface area is 144 Å². The molecule has 0 fully saturated rings. The number of amides is 2. The van der Waals surface area contributed by atoms with Crippen molar-refractivity contribution in [1.82, 2.24) is 4.90 Å². The predicted octanol–water partition coefficient (Wildman–Crippen LogP) is 4.04. The Bertz CT molecular complexity index is 549. The Morgan fingerprint density at radius 1 is 1.09 bits per heavy atom. The van der Waals surface area contributed by atoms with Gasteiger partial charge in [0.2, 0.25) is 0 Å². The Morgan fingerprint density at radius 2 is 1.61 bits per heavy atom. The third kappa shape index (κ3) is 5.87. The van der Waals surface area contributed by atoms with Crippen molar-refractivity contribution in [1.29, 1.82) is 0 Å². The van der Waals surface area contributed by atoms with Gasteiger partial charge in [-0.25, -0.2) is 0 Å². The second kappa shape index (κ2) is 8.34. The largest absolute Gasteiger partial charge is 0.334 e. The maximum Gasteiger partial charge on any atom is 0.313 e. The highest BCUT2D eigenvalue weighted by Crippen LogP contribution is 2.27. The fraction of sp³-hybridized carbons (Fsp3) is 0.556. The average molecular weight is 339 g/mol. The summed E-state index contributed by atoms with van der Waals surface area (Å²) >= 11 is 6.19. The number of carbonyl (C=O) groups excluding carboxylic acids is 2. The van der Waals surface area contributed by atoms with Gasteiger partial charge in [0.25, 0.3) is 0 Å². The molecule has 0 aliphatic carbocycles. The Hall–Kier alpha value is -1.55. The zero-order valence-electron chi connectivity index (χ0n) is 14.9. The van der Waals surface area contributed by atoms with E-state index in [2.05, 4.69) is 5.32 Å². The fourth-order valence-electron chi connectivity index (χ4n) is 2.51. The molecule has 128 valence electrons. The summed E-state index contributed by atoms with van der Waals surface area (Å²) in [6.45, 7) is 13.0. The first-order valence-corrected chi connectivity index (χ1v) is 8.36. The minimum absolute atomic E-state index is 0.301. The van der Waals surface area contributed by atoms with E-state index in [0.29, 0.717) is 35.6 Å². The molecule has 4 nitrogen and oxygen atoms in total. The first-order valence-electron chi connectivity index (χ1n) is 7.98. The highest BCUT2D eigenvalue weighted by atomic mass is 35.5. The van der Waals surface area contributed by atoms with Gasteiger partial charge >= 0.3 is 11.8 Å². The molecule has 0 aliphatic rings. The van der Waals surface area contributed by atoms with Gasteiger partial charge < -0.3 is 10.2 Å². The van der Waals surface area contributed by atoms with E-state index < -0.39 is 11.8 Å². The lowest BCUT2D eigenvalue weighted by Crippen LogP contribution is -2.43. The van der Waals surface area contributed by atoms with E-state index in [4.69, 9.17) is 11.6 Å². The average Bonchev–Trinajstić information content (AvgIpc) is 2.39. The minimum Gasteiger partial charge on any atom is -0.334 e. The molecule has 5 heteroatoms. The maximum absolute atomic E-state index is 12.5. The summed E-state index contributed by atoms with van der Waals surface area (Å²) in [7, 11) is 0. The first kappa shape index (κ1) is 19.5. The Morgan fingerprint density at radius 3 is 2.04 bits per heavy atom. The topological polar surface area (TPSA) is 49.4 Å². The number of rotatable bonds is 5. The van der Waals surface area contributed by atoms with Crippen molar-refractivity contribution in [3.63, 3.8) is 0 Å². The summed E-state index contributed by atoms with van der Waals surface area (Å²) in [5.41, 5.74) is 2.36. The van der Waals surface area contributed by atoms with E-state index in [0.717, 1.165) is 11.1 Å². The number of halogens is 1. The zero-order chi connectivity index (χ0) is 17.7. The molecule has 1 rings (SSSR count). The number of hydrogen-bond acceptors (Lipinski definition) is 2. The van der Waals surface area contributed by atoms with Crippen LogP contribution < -0.4 is 5.32 Å². The van der Waals surface area contributed by atoms with Gasteiger partial charge in [0.15, 0.2) is 0 Å². The van der Waals surface area contributed by atoms with Crippen LogP contribution in [0.5, 0.6) is 0 Å². The molecule has 1 aromatic rings. The van der Waals surface area contributed by atoms with Gasteiger partial charge in [0.1, 0.15) is 0 Å². The summed E-state index contributed by atoms with van der Waals surface area (Å²) < 4.78 is 0. The van der Waals surface area contributed by atoms with Crippen molar-refractivity contribution in [2.75, 3.05) is 18.4 Å². The molecule has 0 saturated carbocycles. The fourth-order valence-corrected chi connectivity index (χ4v) is 2.87. The first-order chi connectivity index (χ1) is 10.6. The van der Waals surface area contributed by atoms with Gasteiger partial charge in [-0.15, -0.1) is 0 Å². The molecule has 23 heavy (non-hydrogen) atoms. The van der Waals surface area contributed by atoms with Crippen molar-refractivity contribution >= 4 is 29.1 Å². The van der Waals surface area contributed by atoms with Gasteiger partial charge in [-0.3, -0.25) is 9.59 Å². The molecular weight excluding hydrogens is 312 g/mol. The van der Waals surface area contributed by atoms with E-state index in [9.17, 15) is 9.59 Å². The van der Waals surface area contributed by atoms with Gasteiger partial charge in [-0.1, -0.05) is 45.4 Å². The van der Waals surface area contributed by atoms with E-state index in [-0.39, 0.29) is 0 Å². The van der Waals surface area contributed by atoms with Gasteiger partial charge in [-0.05, 0) is 42.9 Å². The van der Waals surface area contributed by atoms with Crippen LogP contribution in [0.15, 0.2) is 12.1 Å². The normalized spacial score (nSPS) is 11.0. The molecule has 0 bridgehead atoms. The minimum atomic E-state index is -0.639. The molecule has 0 aromatic heterocycles. The molecule has 0 saturated heterocycles. The van der Waals surface area contributed by atoms with Crippen molar-refractivity contribution in [2.24, 2.45) is 11.8 Å². The number of anilines is 1. The summed E-state index contributed by atoms with van der Waals surface area (Å²) in [4.78, 5) is 26.4. The van der Waals surface area contributed by atoms with Crippen LogP contribution in [0.2, 0.25) is 5.02 Å². The van der Waals surface area contributed by atoms with E-state index in [1.54, 1.807) is 11.0 Å². The monoisotopic (exact) mass is 338 g/mol. The van der Waals surface area contributed by atoms with Crippen LogP contribution in [0, 0.1) is 25.7 Å². The number of hydrogen-bond donors (Lipinski definition) is 1. The molecule has 0 spiro atoms. The summed E-state index contributed by atoms with van der Waals surface area (Å²) in [5.74, 6) is -0.547. The van der Waals surface area contributed by atoms with E-state index in [1.165, 1.54) is 0 Å². The molecule has 1 N–H and O–H groups in total. The van der Waals surface area contributed by atoms with Crippen LogP contribution in [0.25, 0.3) is 0 Å². The van der Waals surface area contributed by atoms with Crippen LogP contribution in [0.1, 0.15) is 38.8 Å². The van der Waals surface area contributed by atoms with Crippen molar-refractivity contribution in [3.8, 4) is 0 Å². The molecule has 0 aliphatic heterocycles. The zero-order valence-corrected chi connectivity index (χ0v) is 15.6. The van der Waals surface area contributed by atoms with E-state index in [1.807, 2.05) is 47.6 Å². The molecule has 0 radical (unpaired) electrons. The molecule has 1 aromatic carbocycles. The molecular formula is C18H27ClN2O2. The predicted molar refractivity (Wildman–Crippen MR) is 95.8 cm³/mol. The highest BCUT2D eigenvalue weighted by Gasteiger charge is 2.24. The van der Waals surface area contributed by atoms with Crippen LogP contribution in [-0.4, -0.2) is 29.8 Å². The third-order valence-corrected chi connectivity index (χ3v) is 3.62. The van der Waals surface area contributed by atoms with Crippen molar-refractivity contribution < 1.29 is 9.59 Å². The Kier molecular flexibility index (Phi) is 7.07. The number of nitrogens with zero attached hydrogens (tertiary/aromatic N) is 1. The van der Waals surface area contributed by atoms with Gasteiger partial charge in [0.05, 0.1) is 10.7 Å². The molecule has 0 heterocycles. The lowest BCUT2D eigenvalue weighted by molar-refractivity contribution is -0.143. The lowest BCUT2D eigenvalue weighted by atomic mass is 10.1. The van der Waals surface area contributed by atoms with Crippen molar-refractivity contribution in [3.05, 3.63) is 28.3 Å². The Balaban J connectivity index is 2.92. The SMILES string of the molecule is Cc1cc(C)c(NC(=O)C(=O)N(CC(C)C)CC(C)C)c(Cl)c1. The summed E-state index contributed by atoms with van der Waals surface area (Å²) in [6, 6.07) is 3.70. The highest BCUT2D eigenvalue weighted by molar-refractivity contribution is 6.41. The third-order valence-electron chi connectivity index (χ3n) is 3.32. The molecule has 0 unspecified atom stereocenters. The standard InChI is InChI=1S/C18H27ClN2O2/c1-11(2)9-21(10-12(3)4)18(23)17(22)20-16-14(6)7-13(5)8-15(16)19/h7-8,11-12H,9-10H2,1-6H3,(H,20,22). The van der Waals surface area contributed by atoms with Crippen LogP contribution in [0.4, 0.5) is 5.69 Å². The van der Waals surface area contributed by atoms with Crippen LogP contribution in [-0.2, 0) is 9.59 Å². The quantitative estimate of drug-likeness (QED) is 0.824.